The van der Waals surface area contributed by atoms with Crippen molar-refractivity contribution in [2.45, 2.75) is 39.1 Å². The summed E-state index contributed by atoms with van der Waals surface area (Å²) in [6.45, 7) is 3.92. The Morgan fingerprint density at radius 3 is 2.36 bits per heavy atom. The maximum absolute atomic E-state index is 13.6. The highest BCUT2D eigenvalue weighted by atomic mass is 19.4. The Balaban J connectivity index is 1.82. The van der Waals surface area contributed by atoms with E-state index >= 15 is 0 Å². The molecular weight excluding hydrogens is 434 g/mol. The normalized spacial score (nSPS) is 12.5. The van der Waals surface area contributed by atoms with Crippen molar-refractivity contribution in [1.82, 2.24) is 5.32 Å². The Morgan fingerprint density at radius 1 is 0.970 bits per heavy atom. The van der Waals surface area contributed by atoms with Gasteiger partial charge in [-0.1, -0.05) is 50.2 Å². The first-order valence-corrected chi connectivity index (χ1v) is 10.6. The molecule has 3 rings (SSSR count). The van der Waals surface area contributed by atoms with Crippen LogP contribution in [0, 0.1) is 11.7 Å². The Bertz CT molecular complexity index is 1080. The molecule has 1 N–H and O–H groups in total. The molecule has 3 aromatic rings. The van der Waals surface area contributed by atoms with Gasteiger partial charge in [0.1, 0.15) is 18.2 Å². The van der Waals surface area contributed by atoms with Gasteiger partial charge in [0.2, 0.25) is 0 Å². The summed E-state index contributed by atoms with van der Waals surface area (Å²) in [4.78, 5) is 13.0. The lowest BCUT2D eigenvalue weighted by atomic mass is 9.92. The maximum atomic E-state index is 13.6. The number of nitrogens with one attached hydrogen (secondary N) is 1. The van der Waals surface area contributed by atoms with E-state index in [1.165, 1.54) is 0 Å². The van der Waals surface area contributed by atoms with Gasteiger partial charge in [0.25, 0.3) is 5.91 Å². The third kappa shape index (κ3) is 6.81. The van der Waals surface area contributed by atoms with Crippen LogP contribution in [0.25, 0.3) is 0 Å². The molecule has 7 heteroatoms. The molecule has 0 heterocycles. The van der Waals surface area contributed by atoms with Crippen molar-refractivity contribution in [3.05, 3.63) is 101 Å². The molecule has 0 spiro atoms. The molecule has 0 saturated carbocycles. The molecule has 3 nitrogen and oxygen atoms in total. The third-order valence-corrected chi connectivity index (χ3v) is 5.05. The maximum Gasteiger partial charge on any atom is 0.416 e. The van der Waals surface area contributed by atoms with Crippen molar-refractivity contribution in [1.29, 1.82) is 0 Å². The monoisotopic (exact) mass is 459 g/mol. The number of halogens is 4. The average molecular weight is 459 g/mol. The first-order valence-electron chi connectivity index (χ1n) is 10.6. The summed E-state index contributed by atoms with van der Waals surface area (Å²) in [5.41, 5.74) is -0.203. The van der Waals surface area contributed by atoms with Crippen LogP contribution in [-0.4, -0.2) is 5.91 Å². The van der Waals surface area contributed by atoms with E-state index in [4.69, 9.17) is 4.74 Å². The van der Waals surface area contributed by atoms with E-state index in [0.717, 1.165) is 17.7 Å². The average Bonchev–Trinajstić information content (AvgIpc) is 2.77. The summed E-state index contributed by atoms with van der Waals surface area (Å²) in [6.07, 6.45) is -4.48. The number of amides is 1. The highest BCUT2D eigenvalue weighted by Crippen LogP contribution is 2.37. The Labute approximate surface area is 190 Å². The van der Waals surface area contributed by atoms with Gasteiger partial charge in [-0.2, -0.15) is 13.2 Å². The van der Waals surface area contributed by atoms with Crippen molar-refractivity contribution in [3.8, 4) is 5.75 Å². The van der Waals surface area contributed by atoms with Crippen LogP contribution >= 0.6 is 0 Å². The predicted molar refractivity (Wildman–Crippen MR) is 118 cm³/mol. The molecular formula is C26H25F4NO2. The Morgan fingerprint density at radius 2 is 1.70 bits per heavy atom. The summed E-state index contributed by atoms with van der Waals surface area (Å²) >= 11 is 0. The van der Waals surface area contributed by atoms with E-state index in [1.54, 1.807) is 24.3 Å². The molecule has 0 aliphatic heterocycles. The second-order valence-electron chi connectivity index (χ2n) is 8.19. The zero-order valence-corrected chi connectivity index (χ0v) is 18.3. The number of rotatable bonds is 8. The van der Waals surface area contributed by atoms with Crippen molar-refractivity contribution < 1.29 is 27.1 Å². The summed E-state index contributed by atoms with van der Waals surface area (Å²) in [5.74, 6) is -0.820. The Kier molecular flexibility index (Phi) is 7.74. The first-order chi connectivity index (χ1) is 15.6. The number of benzene rings is 3. The fraction of sp³-hybridized carbons (Fsp3) is 0.269. The molecule has 174 valence electrons. The Hall–Kier alpha value is -3.35. The number of ether oxygens (including phenoxy) is 1. The lowest BCUT2D eigenvalue weighted by Crippen LogP contribution is -2.31. The fourth-order valence-electron chi connectivity index (χ4n) is 3.54. The lowest BCUT2D eigenvalue weighted by molar-refractivity contribution is -0.138. The molecule has 0 aromatic heterocycles. The summed E-state index contributed by atoms with van der Waals surface area (Å²) in [5, 5.41) is 2.71. The quantitative estimate of drug-likeness (QED) is 0.371. The first kappa shape index (κ1) is 24.3. The number of carbonyl (C=O) groups is 1. The van der Waals surface area contributed by atoms with Crippen LogP contribution in [0.2, 0.25) is 0 Å². The third-order valence-electron chi connectivity index (χ3n) is 5.05. The molecule has 0 aliphatic rings. The highest BCUT2D eigenvalue weighted by molar-refractivity contribution is 5.94. The van der Waals surface area contributed by atoms with Crippen molar-refractivity contribution in [2.24, 2.45) is 5.92 Å². The van der Waals surface area contributed by atoms with Crippen molar-refractivity contribution >= 4 is 5.91 Å². The molecule has 0 bridgehead atoms. The van der Waals surface area contributed by atoms with E-state index < -0.39 is 29.5 Å². The molecule has 3 aromatic carbocycles. The number of para-hydroxylation sites is 1. The van der Waals surface area contributed by atoms with E-state index in [-0.39, 0.29) is 24.5 Å². The van der Waals surface area contributed by atoms with Gasteiger partial charge in [0.15, 0.2) is 0 Å². The minimum absolute atomic E-state index is 0.00737. The van der Waals surface area contributed by atoms with Gasteiger partial charge in [0.05, 0.1) is 11.6 Å². The van der Waals surface area contributed by atoms with Gasteiger partial charge in [-0.05, 0) is 59.9 Å². The molecule has 0 saturated heterocycles. The lowest BCUT2D eigenvalue weighted by Gasteiger charge is -2.24. The zero-order chi connectivity index (χ0) is 24.0. The van der Waals surface area contributed by atoms with Gasteiger partial charge in [-0.25, -0.2) is 4.39 Å². The number of alkyl halides is 3. The van der Waals surface area contributed by atoms with Gasteiger partial charge < -0.3 is 10.1 Å². The number of carbonyl (C=O) groups excluding carboxylic acids is 1. The van der Waals surface area contributed by atoms with Crippen LogP contribution in [0.4, 0.5) is 17.6 Å². The predicted octanol–water partition coefficient (Wildman–Crippen LogP) is 6.94. The molecule has 0 fully saturated rings. The summed E-state index contributed by atoms with van der Waals surface area (Å²) in [6, 6.07) is 17.5. The van der Waals surface area contributed by atoms with Gasteiger partial charge in [0, 0.05) is 5.56 Å². The second-order valence-corrected chi connectivity index (χ2v) is 8.19. The largest absolute Gasteiger partial charge is 0.489 e. The minimum atomic E-state index is -4.74. The smallest absolute Gasteiger partial charge is 0.416 e. The van der Waals surface area contributed by atoms with E-state index in [1.807, 2.05) is 44.2 Å². The topological polar surface area (TPSA) is 38.3 Å². The van der Waals surface area contributed by atoms with Gasteiger partial charge >= 0.3 is 6.18 Å². The molecule has 0 radical (unpaired) electrons. The van der Waals surface area contributed by atoms with Crippen molar-refractivity contribution in [2.75, 3.05) is 0 Å². The van der Waals surface area contributed by atoms with Crippen LogP contribution < -0.4 is 10.1 Å². The fourth-order valence-corrected chi connectivity index (χ4v) is 3.54. The number of hydrogen-bond donors (Lipinski definition) is 1. The standard InChI is InChI=1S/C26H25F4NO2/c1-17(2)13-24(22-12-11-20(27)15-23(22)26(28,29)30)31-25(32)19-8-6-7-18(14-19)16-33-21-9-4-3-5-10-21/h3-12,14-15,17,24H,13,16H2,1-2H3,(H,31,32). The molecule has 1 atom stereocenters. The van der Waals surface area contributed by atoms with Crippen molar-refractivity contribution in [3.63, 3.8) is 0 Å². The summed E-state index contributed by atoms with van der Waals surface area (Å²) in [7, 11) is 0. The molecule has 0 aliphatic carbocycles. The van der Waals surface area contributed by atoms with E-state index in [9.17, 15) is 22.4 Å². The molecule has 1 amide bonds. The summed E-state index contributed by atoms with van der Waals surface area (Å²) < 4.78 is 60.0. The van der Waals surface area contributed by atoms with Crippen LogP contribution in [0.15, 0.2) is 72.8 Å². The van der Waals surface area contributed by atoms with Crippen LogP contribution in [0.1, 0.15) is 53.4 Å². The van der Waals surface area contributed by atoms with Crippen LogP contribution in [-0.2, 0) is 12.8 Å². The molecule has 1 unspecified atom stereocenters. The van der Waals surface area contributed by atoms with Gasteiger partial charge in [-0.15, -0.1) is 0 Å². The number of hydrogen-bond acceptors (Lipinski definition) is 2. The highest BCUT2D eigenvalue weighted by Gasteiger charge is 2.36. The van der Waals surface area contributed by atoms with Crippen LogP contribution in [0.5, 0.6) is 5.75 Å². The SMILES string of the molecule is CC(C)CC(NC(=O)c1cccc(COc2ccccc2)c1)c1ccc(F)cc1C(F)(F)F. The molecule has 33 heavy (non-hydrogen) atoms. The zero-order valence-electron chi connectivity index (χ0n) is 18.3. The van der Waals surface area contributed by atoms with E-state index in [2.05, 4.69) is 5.32 Å². The minimum Gasteiger partial charge on any atom is -0.489 e. The van der Waals surface area contributed by atoms with Crippen LogP contribution in [0.3, 0.4) is 0 Å². The second kappa shape index (κ2) is 10.5. The van der Waals surface area contributed by atoms with Gasteiger partial charge in [-0.3, -0.25) is 4.79 Å². The van der Waals surface area contributed by atoms with E-state index in [0.29, 0.717) is 17.4 Å².